The molecular weight excluding hydrogens is 472 g/mol. The minimum absolute atomic E-state index is 0.000984. The average molecular weight is 506 g/mol. The molecule has 1 heterocycles. The van der Waals surface area contributed by atoms with E-state index in [2.05, 4.69) is 14.8 Å². The van der Waals surface area contributed by atoms with Crippen molar-refractivity contribution in [2.24, 2.45) is 5.14 Å². The number of anilines is 1. The molecule has 11 heteroatoms. The van der Waals surface area contributed by atoms with Gasteiger partial charge in [-0.3, -0.25) is 9.86 Å². The summed E-state index contributed by atoms with van der Waals surface area (Å²) in [5.41, 5.74) is 1.19. The van der Waals surface area contributed by atoms with Gasteiger partial charge in [-0.05, 0) is 67.5 Å². The van der Waals surface area contributed by atoms with E-state index in [9.17, 15) is 22.9 Å². The summed E-state index contributed by atoms with van der Waals surface area (Å²) in [4.78, 5) is 13.4. The first kappa shape index (κ1) is 27.2. The number of rotatable bonds is 8. The number of hydrogen-bond donors (Lipinski definition) is 5. The number of thiol groups is 1. The second-order valence-electron chi connectivity index (χ2n) is 9.04. The van der Waals surface area contributed by atoms with Gasteiger partial charge in [0.2, 0.25) is 0 Å². The molecule has 0 fully saturated rings. The lowest BCUT2D eigenvalue weighted by Gasteiger charge is -2.24. The molecule has 2 amide bonds. The van der Waals surface area contributed by atoms with E-state index in [1.807, 2.05) is 27.7 Å². The highest BCUT2D eigenvalue weighted by molar-refractivity contribution is 8.01. The standard InChI is InChI=1S/C22H33F2N3O4S2/c1-11(2)15-9-14(31-20(23)24)10-16(12(3)4)18(15)26-21(28)27-33(25,30)17-8-13(5)19(32-17)22(6,7)29/h8-12,20,29,33H,1-7H3,(H4,25,26,27,28,30). The molecule has 7 nitrogen and oxygen atoms in total. The fourth-order valence-electron chi connectivity index (χ4n) is 3.47. The van der Waals surface area contributed by atoms with Crippen molar-refractivity contribution in [3.8, 4) is 5.75 Å². The minimum Gasteiger partial charge on any atom is -0.435 e. The van der Waals surface area contributed by atoms with Gasteiger partial charge in [-0.1, -0.05) is 27.7 Å². The molecule has 0 radical (unpaired) electrons. The van der Waals surface area contributed by atoms with Crippen LogP contribution in [0.1, 0.15) is 74.9 Å². The molecule has 186 valence electrons. The minimum atomic E-state index is -3.80. The van der Waals surface area contributed by atoms with Gasteiger partial charge in [0.05, 0.1) is 9.81 Å². The van der Waals surface area contributed by atoms with Crippen molar-refractivity contribution in [2.75, 3.05) is 5.32 Å². The number of carbonyl (C=O) groups is 1. The lowest BCUT2D eigenvalue weighted by molar-refractivity contribution is -0.0499. The van der Waals surface area contributed by atoms with Crippen LogP contribution in [0.3, 0.4) is 0 Å². The fourth-order valence-corrected chi connectivity index (χ4v) is 6.19. The Hall–Kier alpha value is -2.08. The molecule has 33 heavy (non-hydrogen) atoms. The summed E-state index contributed by atoms with van der Waals surface area (Å²) in [6, 6.07) is 3.72. The maximum absolute atomic E-state index is 13.2. The van der Waals surface area contributed by atoms with Gasteiger partial charge in [0, 0.05) is 20.9 Å². The Morgan fingerprint density at radius 3 is 2.06 bits per heavy atom. The van der Waals surface area contributed by atoms with Gasteiger partial charge in [-0.25, -0.2) is 9.00 Å². The first-order valence-corrected chi connectivity index (χ1v) is 13.1. The number of hydrogen-bond acceptors (Lipinski definition) is 5. The molecule has 0 aliphatic carbocycles. The first-order chi connectivity index (χ1) is 15.0. The van der Waals surface area contributed by atoms with Gasteiger partial charge >= 0.3 is 12.6 Å². The van der Waals surface area contributed by atoms with Crippen LogP contribution in [0.5, 0.6) is 5.75 Å². The number of aryl methyl sites for hydroxylation is 1. The van der Waals surface area contributed by atoms with Crippen LogP contribution in [-0.4, -0.2) is 22.0 Å². The summed E-state index contributed by atoms with van der Waals surface area (Å²) in [5.74, 6) is -0.253. The highest BCUT2D eigenvalue weighted by atomic mass is 32.3. The number of thiophene rings is 1. The first-order valence-electron chi connectivity index (χ1n) is 10.5. The number of alkyl halides is 2. The van der Waals surface area contributed by atoms with Crippen LogP contribution in [0.25, 0.3) is 0 Å². The van der Waals surface area contributed by atoms with Gasteiger partial charge < -0.3 is 15.2 Å². The van der Waals surface area contributed by atoms with Crippen LogP contribution in [0.15, 0.2) is 22.4 Å². The molecule has 0 aliphatic heterocycles. The lowest BCUT2D eigenvalue weighted by atomic mass is 9.92. The van der Waals surface area contributed by atoms with E-state index in [0.717, 1.165) is 11.3 Å². The quantitative estimate of drug-likeness (QED) is 0.321. The SMILES string of the molecule is Cc1cc([SH](N)(=O)NC(=O)Nc2c(C(C)C)cc(OC(F)F)cc2C(C)C)sc1C(C)(C)O. The number of nitrogens with one attached hydrogen (secondary N) is 2. The van der Waals surface area contributed by atoms with Crippen LogP contribution >= 0.6 is 11.3 Å². The summed E-state index contributed by atoms with van der Waals surface area (Å²) < 4.78 is 45.9. The Labute approximate surface area is 198 Å². The number of amides is 2. The summed E-state index contributed by atoms with van der Waals surface area (Å²) in [6.45, 7) is 9.44. The van der Waals surface area contributed by atoms with E-state index in [0.29, 0.717) is 27.3 Å². The van der Waals surface area contributed by atoms with Gasteiger partial charge in [0.15, 0.2) is 0 Å². The van der Waals surface area contributed by atoms with Gasteiger partial charge in [0.25, 0.3) is 0 Å². The highest BCUT2D eigenvalue weighted by Gasteiger charge is 2.27. The topological polar surface area (TPSA) is 114 Å². The van der Waals surface area contributed by atoms with Gasteiger partial charge in [-0.15, -0.1) is 11.3 Å². The molecule has 0 saturated heterocycles. The van der Waals surface area contributed by atoms with E-state index in [4.69, 9.17) is 5.14 Å². The normalized spacial score (nSPS) is 13.0. The second kappa shape index (κ2) is 10.0. The van der Waals surface area contributed by atoms with Crippen LogP contribution in [0.4, 0.5) is 19.3 Å². The Balaban J connectivity index is 2.38. The van der Waals surface area contributed by atoms with E-state index in [-0.39, 0.29) is 21.8 Å². The molecule has 2 aromatic rings. The van der Waals surface area contributed by atoms with E-state index < -0.39 is 28.5 Å². The maximum atomic E-state index is 13.2. The highest BCUT2D eigenvalue weighted by Crippen LogP contribution is 2.38. The Morgan fingerprint density at radius 2 is 1.67 bits per heavy atom. The zero-order valence-corrected chi connectivity index (χ0v) is 21.5. The van der Waals surface area contributed by atoms with Crippen LogP contribution < -0.4 is 19.9 Å². The number of aliphatic hydroxyl groups is 1. The number of benzene rings is 1. The van der Waals surface area contributed by atoms with E-state index in [1.165, 1.54) is 12.1 Å². The molecule has 2 rings (SSSR count). The summed E-state index contributed by atoms with van der Waals surface area (Å²) in [5, 5.41) is 19.0. The molecule has 0 spiro atoms. The Bertz CT molecular complexity index is 1030. The largest absolute Gasteiger partial charge is 0.435 e. The maximum Gasteiger partial charge on any atom is 0.387 e. The van der Waals surface area contributed by atoms with Crippen molar-refractivity contribution >= 4 is 33.4 Å². The molecule has 0 saturated carbocycles. The molecule has 1 aromatic carbocycles. The van der Waals surface area contributed by atoms with Crippen molar-refractivity contribution in [1.82, 2.24) is 4.72 Å². The van der Waals surface area contributed by atoms with Crippen LogP contribution in [0, 0.1) is 6.92 Å². The second-order valence-corrected chi connectivity index (χ2v) is 12.4. The lowest BCUT2D eigenvalue weighted by Crippen LogP contribution is -2.44. The molecule has 0 atom stereocenters. The van der Waals surface area contributed by atoms with E-state index in [1.54, 1.807) is 26.8 Å². The number of halogens is 2. The Kier molecular flexibility index (Phi) is 8.27. The third kappa shape index (κ3) is 6.72. The predicted octanol–water partition coefficient (Wildman–Crippen LogP) is 5.12. The van der Waals surface area contributed by atoms with E-state index >= 15 is 0 Å². The molecule has 1 aromatic heterocycles. The fraction of sp³-hybridized carbons (Fsp3) is 0.500. The molecular formula is C22H33F2N3O4S2. The smallest absolute Gasteiger partial charge is 0.387 e. The predicted molar refractivity (Wildman–Crippen MR) is 130 cm³/mol. The summed E-state index contributed by atoms with van der Waals surface area (Å²) >= 11 is 1.08. The summed E-state index contributed by atoms with van der Waals surface area (Å²) in [6.07, 6.45) is 0. The number of nitrogens with two attached hydrogens (primary N) is 1. The molecule has 5 N–H and O–H groups in total. The van der Waals surface area contributed by atoms with Gasteiger partial charge in [0.1, 0.15) is 5.75 Å². The molecule has 0 aliphatic rings. The monoisotopic (exact) mass is 505 g/mol. The molecule has 0 unspecified atom stereocenters. The number of urea groups is 1. The number of ether oxygens (including phenoxy) is 1. The van der Waals surface area contributed by atoms with Crippen molar-refractivity contribution in [1.29, 1.82) is 0 Å². The van der Waals surface area contributed by atoms with Crippen molar-refractivity contribution in [3.63, 3.8) is 0 Å². The van der Waals surface area contributed by atoms with Crippen LogP contribution in [-0.2, 0) is 15.9 Å². The van der Waals surface area contributed by atoms with Crippen molar-refractivity contribution in [3.05, 3.63) is 39.8 Å². The van der Waals surface area contributed by atoms with Crippen molar-refractivity contribution < 1.29 is 27.6 Å². The van der Waals surface area contributed by atoms with Crippen molar-refractivity contribution in [2.45, 2.75) is 76.7 Å². The zero-order chi connectivity index (χ0) is 25.3. The summed E-state index contributed by atoms with van der Waals surface area (Å²) in [7, 11) is -3.80. The Morgan fingerprint density at radius 1 is 1.15 bits per heavy atom. The van der Waals surface area contributed by atoms with Gasteiger partial charge in [-0.2, -0.15) is 8.78 Å². The zero-order valence-electron chi connectivity index (χ0n) is 19.8. The average Bonchev–Trinajstić information content (AvgIpc) is 3.04. The third-order valence-electron chi connectivity index (χ3n) is 4.94. The number of carbonyl (C=O) groups excluding carboxylic acids is 1. The third-order valence-corrected chi connectivity index (χ3v) is 8.70. The van der Waals surface area contributed by atoms with Crippen LogP contribution in [0.2, 0.25) is 0 Å². The molecule has 0 bridgehead atoms.